The van der Waals surface area contributed by atoms with E-state index in [1.807, 2.05) is 30.3 Å². The second kappa shape index (κ2) is 9.27. The summed E-state index contributed by atoms with van der Waals surface area (Å²) in [5, 5.41) is 7.51. The van der Waals surface area contributed by atoms with Gasteiger partial charge in [0, 0.05) is 24.9 Å². The lowest BCUT2D eigenvalue weighted by Crippen LogP contribution is -2.48. The van der Waals surface area contributed by atoms with Crippen LogP contribution in [-0.2, 0) is 14.7 Å². The van der Waals surface area contributed by atoms with Crippen LogP contribution in [0, 0.1) is 0 Å². The van der Waals surface area contributed by atoms with Crippen LogP contribution in [0.25, 0.3) is 0 Å². The fourth-order valence-corrected chi connectivity index (χ4v) is 5.29. The van der Waals surface area contributed by atoms with Gasteiger partial charge in [-0.05, 0) is 54.8 Å². The standard InChI is InChI=1S/C26H27N5O4S/c1-36(33,34)20-10-8-19(9-11-20)28-25-21(24(27)32)12-13-23(29-25)31-15-5-14-26(17-31)16-22(30-35-26)18-6-3-2-4-7-18/h2-4,6-13H,5,14-17H2,1H3,(H2,27,32)(H,28,29). The number of nitrogens with zero attached hydrogens (tertiary/aromatic N) is 3. The number of piperidine rings is 1. The van der Waals surface area contributed by atoms with Crippen LogP contribution in [0.4, 0.5) is 17.3 Å². The zero-order valence-electron chi connectivity index (χ0n) is 19.8. The van der Waals surface area contributed by atoms with Crippen LogP contribution in [0.15, 0.2) is 76.8 Å². The van der Waals surface area contributed by atoms with E-state index in [0.717, 1.165) is 36.9 Å². The first kappa shape index (κ1) is 23.8. The molecule has 3 heterocycles. The predicted octanol–water partition coefficient (Wildman–Crippen LogP) is 3.49. The van der Waals surface area contributed by atoms with E-state index < -0.39 is 21.3 Å². The zero-order valence-corrected chi connectivity index (χ0v) is 20.7. The molecule has 0 radical (unpaired) electrons. The molecule has 1 atom stereocenters. The van der Waals surface area contributed by atoms with Gasteiger partial charge in [0.2, 0.25) is 0 Å². The third-order valence-corrected chi connectivity index (χ3v) is 7.63. The van der Waals surface area contributed by atoms with Crippen LogP contribution in [0.2, 0.25) is 0 Å². The Morgan fingerprint density at radius 3 is 2.53 bits per heavy atom. The van der Waals surface area contributed by atoms with E-state index in [1.54, 1.807) is 24.3 Å². The smallest absolute Gasteiger partial charge is 0.252 e. The highest BCUT2D eigenvalue weighted by Crippen LogP contribution is 2.37. The Labute approximate surface area is 209 Å². The quantitative estimate of drug-likeness (QED) is 0.525. The number of benzene rings is 2. The number of aromatic nitrogens is 1. The van der Waals surface area contributed by atoms with Crippen molar-refractivity contribution < 1.29 is 18.0 Å². The third-order valence-electron chi connectivity index (χ3n) is 6.50. The van der Waals surface area contributed by atoms with Crippen molar-refractivity contribution in [1.29, 1.82) is 0 Å². The Bertz CT molecular complexity index is 1420. The summed E-state index contributed by atoms with van der Waals surface area (Å²) in [7, 11) is -3.31. The predicted molar refractivity (Wildman–Crippen MR) is 138 cm³/mol. The van der Waals surface area contributed by atoms with Gasteiger partial charge in [-0.1, -0.05) is 35.5 Å². The fraction of sp³-hybridized carbons (Fsp3) is 0.269. The molecule has 3 N–H and O–H groups in total. The second-order valence-corrected chi connectivity index (χ2v) is 11.2. The Kier molecular flexibility index (Phi) is 6.13. The number of carbonyl (C=O) groups is 1. The van der Waals surface area contributed by atoms with E-state index in [9.17, 15) is 13.2 Å². The molecule has 5 rings (SSSR count). The summed E-state index contributed by atoms with van der Waals surface area (Å²) in [5.74, 6) is 0.380. The Hall–Kier alpha value is -3.92. The molecule has 1 saturated heterocycles. The fourth-order valence-electron chi connectivity index (χ4n) is 4.66. The van der Waals surface area contributed by atoms with Crippen LogP contribution in [0.3, 0.4) is 0 Å². The van der Waals surface area contributed by atoms with Crippen LogP contribution in [0.5, 0.6) is 0 Å². The van der Waals surface area contributed by atoms with Crippen molar-refractivity contribution in [3.05, 3.63) is 77.9 Å². The van der Waals surface area contributed by atoms with Gasteiger partial charge >= 0.3 is 0 Å². The van der Waals surface area contributed by atoms with E-state index >= 15 is 0 Å². The number of pyridine rings is 1. The maximum Gasteiger partial charge on any atom is 0.252 e. The molecule has 1 fully saturated rings. The number of primary amides is 1. The van der Waals surface area contributed by atoms with E-state index in [2.05, 4.69) is 15.4 Å². The van der Waals surface area contributed by atoms with E-state index in [-0.39, 0.29) is 10.5 Å². The lowest BCUT2D eigenvalue weighted by atomic mass is 9.86. The molecule has 1 aromatic heterocycles. The average molecular weight is 506 g/mol. The van der Waals surface area contributed by atoms with Crippen LogP contribution < -0.4 is 16.0 Å². The summed E-state index contributed by atoms with van der Waals surface area (Å²) in [6.07, 6.45) is 3.66. The van der Waals surface area contributed by atoms with Crippen molar-refractivity contribution in [3.63, 3.8) is 0 Å². The number of rotatable bonds is 6. The molecule has 10 heteroatoms. The van der Waals surface area contributed by atoms with Gasteiger partial charge in [-0.25, -0.2) is 13.4 Å². The number of hydrogen-bond donors (Lipinski definition) is 2. The molecule has 36 heavy (non-hydrogen) atoms. The highest BCUT2D eigenvalue weighted by atomic mass is 32.2. The third kappa shape index (κ3) is 4.90. The first-order chi connectivity index (χ1) is 17.2. The molecule has 1 spiro atoms. The highest BCUT2D eigenvalue weighted by Gasteiger charge is 2.43. The molecule has 1 unspecified atom stereocenters. The van der Waals surface area contributed by atoms with Crippen molar-refractivity contribution in [2.45, 2.75) is 29.8 Å². The van der Waals surface area contributed by atoms with Crippen molar-refractivity contribution in [1.82, 2.24) is 4.98 Å². The molecule has 2 aromatic carbocycles. The second-order valence-electron chi connectivity index (χ2n) is 9.23. The highest BCUT2D eigenvalue weighted by molar-refractivity contribution is 7.90. The molecule has 3 aromatic rings. The van der Waals surface area contributed by atoms with Crippen molar-refractivity contribution in [2.24, 2.45) is 10.9 Å². The number of anilines is 3. The molecule has 0 saturated carbocycles. The number of sulfone groups is 1. The maximum absolute atomic E-state index is 12.1. The Morgan fingerprint density at radius 2 is 1.83 bits per heavy atom. The molecule has 1 amide bonds. The van der Waals surface area contributed by atoms with Gasteiger partial charge in [0.1, 0.15) is 11.6 Å². The van der Waals surface area contributed by atoms with Gasteiger partial charge in [-0.15, -0.1) is 0 Å². The number of amides is 1. The number of carbonyl (C=O) groups excluding carboxylic acids is 1. The normalized spacial score (nSPS) is 19.6. The molecule has 0 aliphatic carbocycles. The van der Waals surface area contributed by atoms with Gasteiger partial charge in [-0.2, -0.15) is 0 Å². The van der Waals surface area contributed by atoms with Crippen LogP contribution >= 0.6 is 0 Å². The Morgan fingerprint density at radius 1 is 1.08 bits per heavy atom. The van der Waals surface area contributed by atoms with Crippen LogP contribution in [-0.4, -0.2) is 50.0 Å². The van der Waals surface area contributed by atoms with Gasteiger partial charge in [0.05, 0.1) is 22.7 Å². The molecule has 186 valence electrons. The minimum atomic E-state index is -3.31. The minimum absolute atomic E-state index is 0.206. The maximum atomic E-state index is 12.1. The summed E-state index contributed by atoms with van der Waals surface area (Å²) >= 11 is 0. The summed E-state index contributed by atoms with van der Waals surface area (Å²) in [6.45, 7) is 1.40. The first-order valence-corrected chi connectivity index (χ1v) is 13.6. The number of oxime groups is 1. The molecule has 2 aliphatic rings. The van der Waals surface area contributed by atoms with Gasteiger partial charge in [0.15, 0.2) is 15.4 Å². The summed E-state index contributed by atoms with van der Waals surface area (Å²) in [4.78, 5) is 25.1. The number of nitrogens with two attached hydrogens (primary N) is 1. The molecular formula is C26H27N5O4S. The zero-order chi connectivity index (χ0) is 25.3. The van der Waals surface area contributed by atoms with E-state index in [1.165, 1.54) is 12.1 Å². The summed E-state index contributed by atoms with van der Waals surface area (Å²) in [6, 6.07) is 19.7. The Balaban J connectivity index is 1.37. The summed E-state index contributed by atoms with van der Waals surface area (Å²) in [5.41, 5.74) is 7.99. The average Bonchev–Trinajstić information content (AvgIpc) is 3.27. The van der Waals surface area contributed by atoms with Gasteiger partial charge < -0.3 is 20.8 Å². The van der Waals surface area contributed by atoms with E-state index in [0.29, 0.717) is 30.3 Å². The minimum Gasteiger partial charge on any atom is -0.387 e. The first-order valence-electron chi connectivity index (χ1n) is 11.7. The molecule has 2 aliphatic heterocycles. The lowest BCUT2D eigenvalue weighted by Gasteiger charge is -2.39. The van der Waals surface area contributed by atoms with Crippen molar-refractivity contribution >= 4 is 38.8 Å². The molecule has 0 bridgehead atoms. The molecule has 9 nitrogen and oxygen atoms in total. The largest absolute Gasteiger partial charge is 0.387 e. The van der Waals surface area contributed by atoms with E-state index in [4.69, 9.17) is 15.6 Å². The van der Waals surface area contributed by atoms with Gasteiger partial charge in [-0.3, -0.25) is 4.79 Å². The number of nitrogens with one attached hydrogen (secondary N) is 1. The van der Waals surface area contributed by atoms with Crippen molar-refractivity contribution in [3.8, 4) is 0 Å². The van der Waals surface area contributed by atoms with Gasteiger partial charge in [0.25, 0.3) is 5.91 Å². The monoisotopic (exact) mass is 505 g/mol. The van der Waals surface area contributed by atoms with Crippen LogP contribution in [0.1, 0.15) is 35.2 Å². The van der Waals surface area contributed by atoms with Crippen molar-refractivity contribution in [2.75, 3.05) is 29.6 Å². The SMILES string of the molecule is CS(=O)(=O)c1ccc(Nc2nc(N3CCCC4(CC(c5ccccc5)=NO4)C3)ccc2C(N)=O)cc1. The molecular weight excluding hydrogens is 478 g/mol. The number of hydrogen-bond acceptors (Lipinski definition) is 8. The lowest BCUT2D eigenvalue weighted by molar-refractivity contribution is -0.0280. The topological polar surface area (TPSA) is 127 Å². The summed E-state index contributed by atoms with van der Waals surface area (Å²) < 4.78 is 23.5.